The van der Waals surface area contributed by atoms with Crippen molar-refractivity contribution >= 4 is 28.6 Å². The molecule has 2 saturated heterocycles. The number of hydrogen-bond acceptors (Lipinski definition) is 6. The molecule has 4 heterocycles. The minimum atomic E-state index is -2.78. The Hall–Kier alpha value is -2.39. The van der Waals surface area contributed by atoms with E-state index in [1.54, 1.807) is 24.3 Å². The summed E-state index contributed by atoms with van der Waals surface area (Å²) >= 11 is 6.12. The van der Waals surface area contributed by atoms with Gasteiger partial charge in [-0.3, -0.25) is 4.57 Å². The summed E-state index contributed by atoms with van der Waals surface area (Å²) in [4.78, 5) is 18.8. The Balaban J connectivity index is 1.63. The maximum absolute atomic E-state index is 13.6. The highest BCUT2D eigenvalue weighted by Gasteiger charge is 2.35. The molecule has 2 aliphatic heterocycles. The topological polar surface area (TPSA) is 69.0 Å². The van der Waals surface area contributed by atoms with Gasteiger partial charge in [0.05, 0.1) is 23.2 Å². The van der Waals surface area contributed by atoms with Gasteiger partial charge in [0.15, 0.2) is 5.82 Å². The van der Waals surface area contributed by atoms with Gasteiger partial charge in [-0.25, -0.2) is 13.8 Å². The summed E-state index contributed by atoms with van der Waals surface area (Å²) in [6, 6.07) is 6.85. The van der Waals surface area contributed by atoms with Gasteiger partial charge in [-0.15, -0.1) is 0 Å². The number of alkyl halides is 2. The molecule has 5 rings (SSSR count). The van der Waals surface area contributed by atoms with E-state index in [0.29, 0.717) is 30.1 Å². The van der Waals surface area contributed by atoms with Crippen molar-refractivity contribution in [3.63, 3.8) is 0 Å². The lowest BCUT2D eigenvalue weighted by atomic mass is 10.2. The Kier molecular flexibility index (Phi) is 3.94. The molecule has 0 aliphatic carbocycles. The monoisotopic (exact) mass is 392 g/mol. The zero-order chi connectivity index (χ0) is 18.5. The molecule has 27 heavy (non-hydrogen) atoms. The molecule has 2 unspecified atom stereocenters. The van der Waals surface area contributed by atoms with Crippen molar-refractivity contribution in [1.29, 1.82) is 0 Å². The number of hydrogen-bond donors (Lipinski definition) is 0. The van der Waals surface area contributed by atoms with E-state index in [-0.39, 0.29) is 23.4 Å². The van der Waals surface area contributed by atoms with Crippen molar-refractivity contribution in [1.82, 2.24) is 24.5 Å². The average molecular weight is 393 g/mol. The first-order chi connectivity index (χ1) is 13.1. The van der Waals surface area contributed by atoms with Crippen LogP contribution in [-0.4, -0.2) is 49.8 Å². The van der Waals surface area contributed by atoms with Crippen molar-refractivity contribution in [2.45, 2.75) is 31.5 Å². The fourth-order valence-corrected chi connectivity index (χ4v) is 3.90. The predicted octanol–water partition coefficient (Wildman–Crippen LogP) is 3.17. The molecular formula is C17H15ClF2N6O. The summed E-state index contributed by atoms with van der Waals surface area (Å²) in [5, 5.41) is -0.0492. The predicted molar refractivity (Wildman–Crippen MR) is 94.5 cm³/mol. The standard InChI is InChI=1S/C17H15ClF2N6O/c18-15-22-16(25-7-9-5-6-10(8-25)27-9)24-17(23-15)26-12-4-2-1-3-11(12)21-14(26)13(19)20/h1-4,9-10,13H,5-8H2. The zero-order valence-corrected chi connectivity index (χ0v) is 14.9. The van der Waals surface area contributed by atoms with Crippen LogP contribution in [0.5, 0.6) is 0 Å². The summed E-state index contributed by atoms with van der Waals surface area (Å²) in [7, 11) is 0. The smallest absolute Gasteiger partial charge is 0.296 e. The molecule has 140 valence electrons. The molecule has 2 aliphatic rings. The van der Waals surface area contributed by atoms with Gasteiger partial charge in [-0.2, -0.15) is 15.0 Å². The molecule has 2 fully saturated rings. The quantitative estimate of drug-likeness (QED) is 0.682. The molecule has 0 N–H and O–H groups in total. The minimum Gasteiger partial charge on any atom is -0.371 e. The lowest BCUT2D eigenvalue weighted by Gasteiger charge is -2.32. The number of nitrogens with zero attached hydrogens (tertiary/aromatic N) is 6. The maximum Gasteiger partial charge on any atom is 0.296 e. The number of halogens is 3. The Morgan fingerprint density at radius 1 is 1.00 bits per heavy atom. The fourth-order valence-electron chi connectivity index (χ4n) is 3.75. The van der Waals surface area contributed by atoms with Crippen LogP contribution in [0.1, 0.15) is 25.1 Å². The Morgan fingerprint density at radius 3 is 2.44 bits per heavy atom. The lowest BCUT2D eigenvalue weighted by molar-refractivity contribution is 0.0299. The van der Waals surface area contributed by atoms with Gasteiger partial charge in [0, 0.05) is 13.1 Å². The van der Waals surface area contributed by atoms with Crippen molar-refractivity contribution in [2.24, 2.45) is 0 Å². The molecule has 2 bridgehead atoms. The van der Waals surface area contributed by atoms with E-state index >= 15 is 0 Å². The highest BCUT2D eigenvalue weighted by atomic mass is 35.5. The van der Waals surface area contributed by atoms with Crippen LogP contribution in [0, 0.1) is 0 Å². The summed E-state index contributed by atoms with van der Waals surface area (Å²) in [5.41, 5.74) is 0.929. The summed E-state index contributed by atoms with van der Waals surface area (Å²) in [5.74, 6) is -0.0255. The average Bonchev–Trinajstić information content (AvgIpc) is 3.21. The maximum atomic E-state index is 13.6. The highest BCUT2D eigenvalue weighted by Crippen LogP contribution is 2.30. The van der Waals surface area contributed by atoms with Crippen LogP contribution in [0.25, 0.3) is 17.0 Å². The van der Waals surface area contributed by atoms with E-state index in [1.165, 1.54) is 4.57 Å². The van der Waals surface area contributed by atoms with Gasteiger partial charge in [0.25, 0.3) is 6.43 Å². The summed E-state index contributed by atoms with van der Waals surface area (Å²) in [6.45, 7) is 1.28. The van der Waals surface area contributed by atoms with Gasteiger partial charge in [-0.1, -0.05) is 12.1 Å². The van der Waals surface area contributed by atoms with Gasteiger partial charge >= 0.3 is 0 Å². The van der Waals surface area contributed by atoms with Crippen LogP contribution in [0.15, 0.2) is 24.3 Å². The third-order valence-electron chi connectivity index (χ3n) is 4.89. The molecule has 2 aromatic heterocycles. The number of fused-ring (bicyclic) bond motifs is 3. The van der Waals surface area contributed by atoms with Crippen LogP contribution < -0.4 is 4.90 Å². The molecular weight excluding hydrogens is 378 g/mol. The fraction of sp³-hybridized carbons (Fsp3) is 0.412. The summed E-state index contributed by atoms with van der Waals surface area (Å²) in [6.07, 6.45) is -0.527. The van der Waals surface area contributed by atoms with E-state index < -0.39 is 12.2 Å². The Labute approximate surface area is 158 Å². The van der Waals surface area contributed by atoms with Crippen LogP contribution >= 0.6 is 11.6 Å². The SMILES string of the molecule is FC(F)c1nc2ccccc2n1-c1nc(Cl)nc(N2CC3CCC(C2)O3)n1. The second kappa shape index (κ2) is 6.35. The molecule has 0 amide bonds. The van der Waals surface area contributed by atoms with Gasteiger partial charge in [-0.05, 0) is 36.6 Å². The number of rotatable bonds is 3. The van der Waals surface area contributed by atoms with E-state index in [2.05, 4.69) is 19.9 Å². The zero-order valence-electron chi connectivity index (χ0n) is 14.1. The third-order valence-corrected chi connectivity index (χ3v) is 5.06. The molecule has 0 saturated carbocycles. The number of ether oxygens (including phenoxy) is 1. The number of anilines is 1. The summed E-state index contributed by atoms with van der Waals surface area (Å²) < 4.78 is 34.3. The molecule has 2 atom stereocenters. The number of morpholine rings is 1. The van der Waals surface area contributed by atoms with E-state index in [9.17, 15) is 8.78 Å². The molecule has 3 aromatic rings. The number of benzene rings is 1. The third kappa shape index (κ3) is 2.90. The first kappa shape index (κ1) is 16.8. The van der Waals surface area contributed by atoms with Crippen LogP contribution in [0.4, 0.5) is 14.7 Å². The van der Waals surface area contributed by atoms with Gasteiger partial charge in [0.1, 0.15) is 0 Å². The lowest BCUT2D eigenvalue weighted by Crippen LogP contribution is -2.43. The van der Waals surface area contributed by atoms with E-state index in [0.717, 1.165) is 12.8 Å². The normalized spacial score (nSPS) is 22.1. The Bertz CT molecular complexity index is 1000. The minimum absolute atomic E-state index is 0.0350. The Morgan fingerprint density at radius 2 is 1.70 bits per heavy atom. The second-order valence-corrected chi connectivity index (χ2v) is 7.00. The first-order valence-electron chi connectivity index (χ1n) is 8.66. The van der Waals surface area contributed by atoms with Crippen LogP contribution in [0.2, 0.25) is 5.28 Å². The highest BCUT2D eigenvalue weighted by molar-refractivity contribution is 6.28. The van der Waals surface area contributed by atoms with Gasteiger partial charge < -0.3 is 9.64 Å². The molecule has 0 radical (unpaired) electrons. The molecule has 1 aromatic carbocycles. The number of aromatic nitrogens is 5. The second-order valence-electron chi connectivity index (χ2n) is 6.66. The van der Waals surface area contributed by atoms with Crippen LogP contribution in [-0.2, 0) is 4.74 Å². The molecule has 0 spiro atoms. The van der Waals surface area contributed by atoms with Crippen molar-refractivity contribution in [2.75, 3.05) is 18.0 Å². The van der Waals surface area contributed by atoms with Crippen LogP contribution in [0.3, 0.4) is 0 Å². The molecule has 7 nitrogen and oxygen atoms in total. The van der Waals surface area contributed by atoms with Gasteiger partial charge in [0.2, 0.25) is 17.2 Å². The van der Waals surface area contributed by atoms with Crippen molar-refractivity contribution in [3.8, 4) is 5.95 Å². The molecule has 10 heteroatoms. The van der Waals surface area contributed by atoms with Crippen molar-refractivity contribution in [3.05, 3.63) is 35.4 Å². The van der Waals surface area contributed by atoms with E-state index in [1.807, 2.05) is 4.90 Å². The number of para-hydroxylation sites is 2. The van der Waals surface area contributed by atoms with Crippen molar-refractivity contribution < 1.29 is 13.5 Å². The van der Waals surface area contributed by atoms with E-state index in [4.69, 9.17) is 16.3 Å². The largest absolute Gasteiger partial charge is 0.371 e. The first-order valence-corrected chi connectivity index (χ1v) is 9.04. The number of imidazole rings is 1.